The fourth-order valence-corrected chi connectivity index (χ4v) is 2.22. The molecule has 0 atom stereocenters. The first-order chi connectivity index (χ1) is 11.6. The van der Waals surface area contributed by atoms with Crippen LogP contribution in [0.2, 0.25) is 0 Å². The lowest BCUT2D eigenvalue weighted by Crippen LogP contribution is -2.26. The van der Waals surface area contributed by atoms with Gasteiger partial charge in [-0.2, -0.15) is 5.10 Å². The van der Waals surface area contributed by atoms with Gasteiger partial charge in [0.15, 0.2) is 0 Å². The quantitative estimate of drug-likeness (QED) is 0.607. The van der Waals surface area contributed by atoms with Crippen LogP contribution in [-0.4, -0.2) is 25.3 Å². The van der Waals surface area contributed by atoms with E-state index in [1.807, 2.05) is 57.2 Å². The third kappa shape index (κ3) is 5.43. The Labute approximate surface area is 142 Å². The summed E-state index contributed by atoms with van der Waals surface area (Å²) in [5.74, 6) is 0.619. The van der Waals surface area contributed by atoms with Gasteiger partial charge < -0.3 is 10.1 Å². The van der Waals surface area contributed by atoms with E-state index in [9.17, 15) is 4.79 Å². The molecular weight excluding hydrogens is 302 g/mol. The number of carbonyl (C=O) groups excluding carboxylic acids is 1. The standard InChI is InChI=1S/C19H23N3O2/c1-4-24-17-8-6-16(7-9-17)12-21-22-19(23)13-20-18-10-5-14(2)11-15(18)3/h5-12,20H,4,13H2,1-3H3,(H,22,23)/b21-12-. The average Bonchev–Trinajstić information content (AvgIpc) is 2.56. The maximum Gasteiger partial charge on any atom is 0.259 e. The Bertz CT molecular complexity index is 709. The van der Waals surface area contributed by atoms with Crippen LogP contribution in [0.25, 0.3) is 0 Å². The topological polar surface area (TPSA) is 62.7 Å². The molecule has 0 fully saturated rings. The van der Waals surface area contributed by atoms with Crippen molar-refractivity contribution in [2.75, 3.05) is 18.5 Å². The number of carbonyl (C=O) groups is 1. The van der Waals surface area contributed by atoms with Crippen LogP contribution < -0.4 is 15.5 Å². The zero-order chi connectivity index (χ0) is 17.4. The van der Waals surface area contributed by atoms with Crippen LogP contribution in [0.4, 0.5) is 5.69 Å². The zero-order valence-corrected chi connectivity index (χ0v) is 14.3. The maximum absolute atomic E-state index is 11.8. The molecule has 24 heavy (non-hydrogen) atoms. The number of ether oxygens (including phenoxy) is 1. The van der Waals surface area contributed by atoms with E-state index in [0.29, 0.717) is 6.61 Å². The first-order valence-corrected chi connectivity index (χ1v) is 7.94. The van der Waals surface area contributed by atoms with Crippen LogP contribution in [0.5, 0.6) is 5.75 Å². The number of hydrogen-bond donors (Lipinski definition) is 2. The number of anilines is 1. The highest BCUT2D eigenvalue weighted by Crippen LogP contribution is 2.15. The number of hydrazone groups is 1. The Kier molecular flexibility index (Phi) is 6.37. The molecule has 0 aromatic heterocycles. The molecule has 0 saturated carbocycles. The molecule has 0 unspecified atom stereocenters. The molecule has 2 N–H and O–H groups in total. The van der Waals surface area contributed by atoms with Crippen molar-refractivity contribution < 1.29 is 9.53 Å². The van der Waals surface area contributed by atoms with Crippen molar-refractivity contribution in [3.63, 3.8) is 0 Å². The second kappa shape index (κ2) is 8.72. The molecule has 1 amide bonds. The molecule has 0 spiro atoms. The normalized spacial score (nSPS) is 10.6. The number of amides is 1. The summed E-state index contributed by atoms with van der Waals surface area (Å²) in [5.41, 5.74) is 6.66. The molecule has 0 aliphatic heterocycles. The van der Waals surface area contributed by atoms with Crippen molar-refractivity contribution in [2.45, 2.75) is 20.8 Å². The van der Waals surface area contributed by atoms with Crippen molar-refractivity contribution >= 4 is 17.8 Å². The Balaban J connectivity index is 1.80. The monoisotopic (exact) mass is 325 g/mol. The molecule has 0 aliphatic carbocycles. The molecule has 2 aromatic carbocycles. The summed E-state index contributed by atoms with van der Waals surface area (Å²) in [6, 6.07) is 13.6. The van der Waals surface area contributed by atoms with Crippen LogP contribution in [-0.2, 0) is 4.79 Å². The highest BCUT2D eigenvalue weighted by molar-refractivity contribution is 5.84. The minimum Gasteiger partial charge on any atom is -0.494 e. The van der Waals surface area contributed by atoms with Gasteiger partial charge in [-0.1, -0.05) is 17.7 Å². The average molecular weight is 325 g/mol. The lowest BCUT2D eigenvalue weighted by molar-refractivity contribution is -0.119. The summed E-state index contributed by atoms with van der Waals surface area (Å²) >= 11 is 0. The van der Waals surface area contributed by atoms with Crippen molar-refractivity contribution in [1.29, 1.82) is 0 Å². The number of hydrogen-bond acceptors (Lipinski definition) is 4. The summed E-state index contributed by atoms with van der Waals surface area (Å²) < 4.78 is 5.37. The van der Waals surface area contributed by atoms with Crippen molar-refractivity contribution in [3.05, 3.63) is 59.2 Å². The molecule has 0 saturated heterocycles. The summed E-state index contributed by atoms with van der Waals surface area (Å²) in [6.07, 6.45) is 1.60. The van der Waals surface area contributed by atoms with E-state index in [0.717, 1.165) is 22.6 Å². The molecule has 0 radical (unpaired) electrons. The van der Waals surface area contributed by atoms with E-state index in [-0.39, 0.29) is 12.5 Å². The van der Waals surface area contributed by atoms with Gasteiger partial charge in [-0.05, 0) is 62.2 Å². The molecule has 0 aliphatic rings. The predicted octanol–water partition coefficient (Wildman–Crippen LogP) is 3.26. The first kappa shape index (κ1) is 17.5. The van der Waals surface area contributed by atoms with E-state index >= 15 is 0 Å². The highest BCUT2D eigenvalue weighted by Gasteiger charge is 2.02. The van der Waals surface area contributed by atoms with Gasteiger partial charge in [0.2, 0.25) is 0 Å². The van der Waals surface area contributed by atoms with Gasteiger partial charge in [-0.25, -0.2) is 5.43 Å². The smallest absolute Gasteiger partial charge is 0.259 e. The van der Waals surface area contributed by atoms with Gasteiger partial charge in [0.25, 0.3) is 5.91 Å². The van der Waals surface area contributed by atoms with Crippen molar-refractivity contribution in [1.82, 2.24) is 5.43 Å². The van der Waals surface area contributed by atoms with Gasteiger partial charge in [-0.3, -0.25) is 4.79 Å². The molecule has 2 aromatic rings. The van der Waals surface area contributed by atoms with E-state index in [1.165, 1.54) is 5.56 Å². The largest absolute Gasteiger partial charge is 0.494 e. The lowest BCUT2D eigenvalue weighted by atomic mass is 10.1. The Morgan fingerprint density at radius 3 is 2.58 bits per heavy atom. The minimum absolute atomic E-state index is 0.171. The van der Waals surface area contributed by atoms with Crippen molar-refractivity contribution in [3.8, 4) is 5.75 Å². The number of aryl methyl sites for hydroxylation is 2. The maximum atomic E-state index is 11.8. The van der Waals surface area contributed by atoms with Crippen LogP contribution in [0.1, 0.15) is 23.6 Å². The highest BCUT2D eigenvalue weighted by atomic mass is 16.5. The third-order valence-corrected chi connectivity index (χ3v) is 3.42. The predicted molar refractivity (Wildman–Crippen MR) is 97.8 cm³/mol. The summed E-state index contributed by atoms with van der Waals surface area (Å²) in [7, 11) is 0. The Morgan fingerprint density at radius 1 is 1.17 bits per heavy atom. The molecule has 0 heterocycles. The number of rotatable bonds is 7. The van der Waals surface area contributed by atoms with E-state index in [1.54, 1.807) is 6.21 Å². The molecule has 5 nitrogen and oxygen atoms in total. The first-order valence-electron chi connectivity index (χ1n) is 7.94. The SMILES string of the molecule is CCOc1ccc(/C=N\NC(=O)CNc2ccc(C)cc2C)cc1. The second-order valence-corrected chi connectivity index (χ2v) is 5.47. The van der Waals surface area contributed by atoms with Crippen LogP contribution in [0.3, 0.4) is 0 Å². The van der Waals surface area contributed by atoms with E-state index < -0.39 is 0 Å². The van der Waals surface area contributed by atoms with Gasteiger partial charge in [0, 0.05) is 5.69 Å². The molecule has 0 bridgehead atoms. The van der Waals surface area contributed by atoms with Gasteiger partial charge in [0.1, 0.15) is 5.75 Å². The van der Waals surface area contributed by atoms with Gasteiger partial charge >= 0.3 is 0 Å². The Hall–Kier alpha value is -2.82. The van der Waals surface area contributed by atoms with Crippen molar-refractivity contribution in [2.24, 2.45) is 5.10 Å². The fraction of sp³-hybridized carbons (Fsp3) is 0.263. The molecule has 2 rings (SSSR count). The molecule has 5 heteroatoms. The van der Waals surface area contributed by atoms with Gasteiger partial charge in [-0.15, -0.1) is 0 Å². The summed E-state index contributed by atoms with van der Waals surface area (Å²) in [4.78, 5) is 11.8. The van der Waals surface area contributed by atoms with Crippen LogP contribution >= 0.6 is 0 Å². The fourth-order valence-electron chi connectivity index (χ4n) is 2.22. The summed E-state index contributed by atoms with van der Waals surface area (Å²) in [6.45, 7) is 6.80. The van der Waals surface area contributed by atoms with Crippen LogP contribution in [0.15, 0.2) is 47.6 Å². The minimum atomic E-state index is -0.197. The van der Waals surface area contributed by atoms with E-state index in [4.69, 9.17) is 4.74 Å². The summed E-state index contributed by atoms with van der Waals surface area (Å²) in [5, 5.41) is 7.07. The molecular formula is C19H23N3O2. The number of benzene rings is 2. The number of nitrogens with one attached hydrogen (secondary N) is 2. The van der Waals surface area contributed by atoms with Gasteiger partial charge in [0.05, 0.1) is 19.4 Å². The van der Waals surface area contributed by atoms with E-state index in [2.05, 4.69) is 21.9 Å². The van der Waals surface area contributed by atoms with Crippen LogP contribution in [0, 0.1) is 13.8 Å². The molecule has 126 valence electrons. The zero-order valence-electron chi connectivity index (χ0n) is 14.3. The lowest BCUT2D eigenvalue weighted by Gasteiger charge is -2.09. The second-order valence-electron chi connectivity index (χ2n) is 5.47. The Morgan fingerprint density at radius 2 is 1.92 bits per heavy atom. The third-order valence-electron chi connectivity index (χ3n) is 3.42. The number of nitrogens with zero attached hydrogens (tertiary/aromatic N) is 1.